The number of aromatic nitrogens is 1. The molecular formula is C11H15N3O. The average Bonchev–Trinajstić information content (AvgIpc) is 2.29. The van der Waals surface area contributed by atoms with Crippen LogP contribution in [-0.2, 0) is 4.79 Å². The van der Waals surface area contributed by atoms with Gasteiger partial charge in [-0.15, -0.1) is 0 Å². The minimum Gasteiger partial charge on any atom is -0.365 e. The van der Waals surface area contributed by atoms with Crippen molar-refractivity contribution in [3.05, 3.63) is 17.8 Å². The Morgan fingerprint density at radius 1 is 1.33 bits per heavy atom. The molecule has 1 aromatic heterocycles. The predicted molar refractivity (Wildman–Crippen MR) is 59.9 cm³/mol. The number of fused-ring (bicyclic) bond motifs is 1. The molecule has 1 aromatic rings. The van der Waals surface area contributed by atoms with Crippen LogP contribution in [0, 0.1) is 12.8 Å². The number of hydrogen-bond acceptors (Lipinski definition) is 3. The van der Waals surface area contributed by atoms with Crippen molar-refractivity contribution in [1.29, 1.82) is 0 Å². The fraction of sp³-hybridized carbons (Fsp3) is 0.455. The van der Waals surface area contributed by atoms with Crippen LogP contribution in [0.3, 0.4) is 0 Å². The molecule has 2 heterocycles. The van der Waals surface area contributed by atoms with E-state index in [1.165, 1.54) is 0 Å². The van der Waals surface area contributed by atoms with E-state index in [9.17, 15) is 4.79 Å². The van der Waals surface area contributed by atoms with Crippen molar-refractivity contribution in [3.8, 4) is 0 Å². The normalized spacial score (nSPS) is 24.9. The first kappa shape index (κ1) is 9.96. The molecule has 4 nitrogen and oxygen atoms in total. The number of nitrogens with zero attached hydrogens (tertiary/aromatic N) is 1. The van der Waals surface area contributed by atoms with Crippen molar-refractivity contribution in [2.45, 2.75) is 26.8 Å². The second kappa shape index (κ2) is 3.53. The van der Waals surface area contributed by atoms with E-state index in [2.05, 4.69) is 15.6 Å². The van der Waals surface area contributed by atoms with Gasteiger partial charge in [0.15, 0.2) is 0 Å². The number of pyridine rings is 1. The second-order valence-electron chi connectivity index (χ2n) is 4.06. The molecule has 15 heavy (non-hydrogen) atoms. The van der Waals surface area contributed by atoms with Crippen LogP contribution in [0.15, 0.2) is 12.1 Å². The zero-order valence-electron chi connectivity index (χ0n) is 9.16. The highest BCUT2D eigenvalue weighted by Gasteiger charge is 2.25. The van der Waals surface area contributed by atoms with Gasteiger partial charge in [-0.3, -0.25) is 4.79 Å². The third kappa shape index (κ3) is 1.79. The molecule has 4 heteroatoms. The van der Waals surface area contributed by atoms with Crippen LogP contribution in [0.2, 0.25) is 0 Å². The Morgan fingerprint density at radius 2 is 2.07 bits per heavy atom. The first-order chi connectivity index (χ1) is 7.08. The molecule has 0 aromatic carbocycles. The zero-order chi connectivity index (χ0) is 11.0. The Hall–Kier alpha value is -1.58. The third-order valence-corrected chi connectivity index (χ3v) is 2.82. The van der Waals surface area contributed by atoms with Crippen molar-refractivity contribution in [1.82, 2.24) is 4.98 Å². The van der Waals surface area contributed by atoms with Gasteiger partial charge in [-0.25, -0.2) is 4.98 Å². The van der Waals surface area contributed by atoms with Crippen molar-refractivity contribution in [2.24, 2.45) is 5.92 Å². The molecule has 1 aliphatic heterocycles. The monoisotopic (exact) mass is 205 g/mol. The number of nitrogens with one attached hydrogen (secondary N) is 2. The lowest BCUT2D eigenvalue weighted by Gasteiger charge is -2.15. The maximum Gasteiger partial charge on any atom is 0.229 e. The van der Waals surface area contributed by atoms with Gasteiger partial charge < -0.3 is 10.6 Å². The summed E-state index contributed by atoms with van der Waals surface area (Å²) in [7, 11) is 0. The molecule has 1 amide bonds. The van der Waals surface area contributed by atoms with E-state index >= 15 is 0 Å². The first-order valence-corrected chi connectivity index (χ1v) is 5.13. The molecule has 0 spiro atoms. The Bertz CT molecular complexity index is 403. The number of rotatable bonds is 0. The summed E-state index contributed by atoms with van der Waals surface area (Å²) in [4.78, 5) is 16.1. The third-order valence-electron chi connectivity index (χ3n) is 2.82. The van der Waals surface area contributed by atoms with Gasteiger partial charge >= 0.3 is 0 Å². The van der Waals surface area contributed by atoms with E-state index in [0.717, 1.165) is 17.2 Å². The molecule has 0 saturated heterocycles. The molecular weight excluding hydrogens is 190 g/mol. The van der Waals surface area contributed by atoms with Crippen LogP contribution in [0.4, 0.5) is 11.5 Å². The van der Waals surface area contributed by atoms with E-state index in [1.807, 2.05) is 32.9 Å². The Morgan fingerprint density at radius 3 is 2.80 bits per heavy atom. The predicted octanol–water partition coefficient (Wildman–Crippen LogP) is 1.78. The average molecular weight is 205 g/mol. The van der Waals surface area contributed by atoms with Gasteiger partial charge in [-0.2, -0.15) is 0 Å². The summed E-state index contributed by atoms with van der Waals surface area (Å²) < 4.78 is 0. The highest BCUT2D eigenvalue weighted by molar-refractivity contribution is 5.97. The molecule has 0 fully saturated rings. The van der Waals surface area contributed by atoms with Crippen molar-refractivity contribution in [3.63, 3.8) is 0 Å². The second-order valence-corrected chi connectivity index (χ2v) is 4.06. The minimum absolute atomic E-state index is 0.0411. The van der Waals surface area contributed by atoms with Crippen molar-refractivity contribution < 1.29 is 4.79 Å². The van der Waals surface area contributed by atoms with Crippen LogP contribution in [0.1, 0.15) is 19.5 Å². The number of carbonyl (C=O) groups is 1. The van der Waals surface area contributed by atoms with Gasteiger partial charge in [0.25, 0.3) is 0 Å². The Labute approximate surface area is 89.1 Å². The summed E-state index contributed by atoms with van der Waals surface area (Å²) in [5.41, 5.74) is 1.71. The molecule has 2 N–H and O–H groups in total. The van der Waals surface area contributed by atoms with E-state index in [-0.39, 0.29) is 17.9 Å². The van der Waals surface area contributed by atoms with Gasteiger partial charge in [0.05, 0.1) is 11.6 Å². The summed E-state index contributed by atoms with van der Waals surface area (Å²) in [5.74, 6) is 0.749. The summed E-state index contributed by atoms with van der Waals surface area (Å²) >= 11 is 0. The number of aryl methyl sites for hydroxylation is 1. The summed E-state index contributed by atoms with van der Waals surface area (Å²) in [6.07, 6.45) is 0. The maximum absolute atomic E-state index is 11.7. The molecule has 2 atom stereocenters. The fourth-order valence-corrected chi connectivity index (χ4v) is 1.58. The van der Waals surface area contributed by atoms with Gasteiger partial charge in [-0.05, 0) is 26.0 Å². The largest absolute Gasteiger partial charge is 0.365 e. The minimum atomic E-state index is -0.0560. The number of anilines is 2. The zero-order valence-corrected chi connectivity index (χ0v) is 9.16. The molecule has 80 valence electrons. The lowest BCUT2D eigenvalue weighted by molar-refractivity contribution is -0.119. The molecule has 2 rings (SSSR count). The van der Waals surface area contributed by atoms with Crippen LogP contribution in [0.25, 0.3) is 0 Å². The van der Waals surface area contributed by atoms with Crippen LogP contribution in [0.5, 0.6) is 0 Å². The Kier molecular flexibility index (Phi) is 2.34. The molecule has 0 saturated carbocycles. The lowest BCUT2D eigenvalue weighted by Crippen LogP contribution is -2.30. The smallest absolute Gasteiger partial charge is 0.229 e. The standard InChI is InChI=1S/C11H15N3O/c1-6-4-5-9-10(12-6)13-8(3)7(2)11(15)14-9/h4-5,7-8H,1-3H3,(H,12,13)(H,14,15). The molecule has 0 radical (unpaired) electrons. The van der Waals surface area contributed by atoms with Gasteiger partial charge in [0, 0.05) is 11.7 Å². The molecule has 0 aliphatic carbocycles. The lowest BCUT2D eigenvalue weighted by atomic mass is 10.0. The van der Waals surface area contributed by atoms with E-state index < -0.39 is 0 Å². The number of amides is 1. The van der Waals surface area contributed by atoms with Gasteiger partial charge in [-0.1, -0.05) is 6.92 Å². The molecule has 2 unspecified atom stereocenters. The number of carbonyl (C=O) groups excluding carboxylic acids is 1. The van der Waals surface area contributed by atoms with E-state index in [1.54, 1.807) is 0 Å². The molecule has 0 bridgehead atoms. The quantitative estimate of drug-likeness (QED) is 0.678. The van der Waals surface area contributed by atoms with Crippen molar-refractivity contribution in [2.75, 3.05) is 10.6 Å². The Balaban J connectivity index is 2.42. The van der Waals surface area contributed by atoms with E-state index in [4.69, 9.17) is 0 Å². The van der Waals surface area contributed by atoms with Crippen LogP contribution in [-0.4, -0.2) is 16.9 Å². The number of hydrogen-bond donors (Lipinski definition) is 2. The van der Waals surface area contributed by atoms with Crippen LogP contribution >= 0.6 is 0 Å². The highest BCUT2D eigenvalue weighted by Crippen LogP contribution is 2.25. The summed E-state index contributed by atoms with van der Waals surface area (Å²) in [6.45, 7) is 5.83. The maximum atomic E-state index is 11.7. The SMILES string of the molecule is Cc1ccc2c(n1)NC(C)C(C)C(=O)N2. The van der Waals surface area contributed by atoms with E-state index in [0.29, 0.717) is 0 Å². The van der Waals surface area contributed by atoms with Crippen molar-refractivity contribution >= 4 is 17.4 Å². The van der Waals surface area contributed by atoms with Gasteiger partial charge in [0.1, 0.15) is 5.82 Å². The summed E-state index contributed by atoms with van der Waals surface area (Å²) in [6, 6.07) is 3.87. The summed E-state index contributed by atoms with van der Waals surface area (Å²) in [5, 5.41) is 6.11. The fourth-order valence-electron chi connectivity index (χ4n) is 1.58. The molecule has 1 aliphatic rings. The topological polar surface area (TPSA) is 54.0 Å². The van der Waals surface area contributed by atoms with Gasteiger partial charge in [0.2, 0.25) is 5.91 Å². The highest BCUT2D eigenvalue weighted by atomic mass is 16.2. The first-order valence-electron chi connectivity index (χ1n) is 5.13. The van der Waals surface area contributed by atoms with Crippen LogP contribution < -0.4 is 10.6 Å².